The van der Waals surface area contributed by atoms with E-state index >= 15 is 0 Å². The molecule has 1 aromatic rings. The Morgan fingerprint density at radius 3 is 2.73 bits per heavy atom. The van der Waals surface area contributed by atoms with E-state index in [2.05, 4.69) is 0 Å². The molecule has 1 aliphatic heterocycles. The molecule has 0 fully saturated rings. The fraction of sp³-hybridized carbons (Fsp3) is 0.467. The van der Waals surface area contributed by atoms with E-state index in [0.29, 0.717) is 31.3 Å². The number of carbonyl (C=O) groups excluding carboxylic acids is 1. The summed E-state index contributed by atoms with van der Waals surface area (Å²) >= 11 is 0. The van der Waals surface area contributed by atoms with Crippen LogP contribution in [0.1, 0.15) is 30.1 Å². The number of rotatable bonds is 5. The highest BCUT2D eigenvalue weighted by Crippen LogP contribution is 2.38. The number of carboxylic acid groups (broad SMARTS) is 1. The number of anilines is 1. The van der Waals surface area contributed by atoms with Gasteiger partial charge in [0.1, 0.15) is 18.8 Å². The monoisotopic (exact) mass is 309 g/mol. The number of amides is 1. The van der Waals surface area contributed by atoms with Gasteiger partial charge in [0, 0.05) is 13.1 Å². The Bertz CT molecular complexity index is 571. The Balaban J connectivity index is 2.25. The smallest absolute Gasteiger partial charge is 0.414 e. The van der Waals surface area contributed by atoms with Gasteiger partial charge in [-0.1, -0.05) is 13.3 Å². The summed E-state index contributed by atoms with van der Waals surface area (Å²) in [5, 5.41) is 9.29. The molecule has 0 atom stereocenters. The van der Waals surface area contributed by atoms with Gasteiger partial charge in [-0.05, 0) is 12.5 Å². The van der Waals surface area contributed by atoms with Crippen LogP contribution in [0.5, 0.6) is 11.5 Å². The molecule has 0 radical (unpaired) electrons. The predicted molar refractivity (Wildman–Crippen MR) is 79.1 cm³/mol. The van der Waals surface area contributed by atoms with Gasteiger partial charge in [-0.3, -0.25) is 4.90 Å². The van der Waals surface area contributed by atoms with Crippen LogP contribution >= 0.6 is 0 Å². The SMILES string of the molecule is CCCCOC(=O)N(C)c1cc2c(c(C(=O)O)c1)OCCO2. The zero-order valence-electron chi connectivity index (χ0n) is 12.6. The number of carbonyl (C=O) groups is 2. The van der Waals surface area contributed by atoms with Gasteiger partial charge in [-0.2, -0.15) is 0 Å². The summed E-state index contributed by atoms with van der Waals surface area (Å²) in [6.07, 6.45) is 1.16. The van der Waals surface area contributed by atoms with Gasteiger partial charge < -0.3 is 19.3 Å². The van der Waals surface area contributed by atoms with E-state index in [1.54, 1.807) is 6.07 Å². The Labute approximate surface area is 128 Å². The maximum absolute atomic E-state index is 12.0. The molecular weight excluding hydrogens is 290 g/mol. The molecule has 2 rings (SSSR count). The number of benzene rings is 1. The summed E-state index contributed by atoms with van der Waals surface area (Å²) in [4.78, 5) is 24.6. The number of nitrogens with zero attached hydrogens (tertiary/aromatic N) is 1. The number of unbranched alkanes of at least 4 members (excludes halogenated alkanes) is 1. The molecule has 0 bridgehead atoms. The molecule has 22 heavy (non-hydrogen) atoms. The topological polar surface area (TPSA) is 85.3 Å². The first-order chi connectivity index (χ1) is 10.5. The molecule has 0 spiro atoms. The second kappa shape index (κ2) is 7.02. The van der Waals surface area contributed by atoms with Gasteiger partial charge in [-0.15, -0.1) is 0 Å². The van der Waals surface area contributed by atoms with Gasteiger partial charge in [0.15, 0.2) is 11.5 Å². The van der Waals surface area contributed by atoms with E-state index in [-0.39, 0.29) is 11.3 Å². The minimum Gasteiger partial charge on any atom is -0.486 e. The van der Waals surface area contributed by atoms with Gasteiger partial charge in [0.05, 0.1) is 12.3 Å². The summed E-state index contributed by atoms with van der Waals surface area (Å²) in [6, 6.07) is 2.94. The molecule has 7 heteroatoms. The van der Waals surface area contributed by atoms with Crippen LogP contribution in [-0.4, -0.2) is 44.0 Å². The van der Waals surface area contributed by atoms with Crippen molar-refractivity contribution >= 4 is 17.7 Å². The molecular formula is C15H19NO6. The first-order valence-electron chi connectivity index (χ1n) is 7.12. The van der Waals surface area contributed by atoms with Crippen molar-refractivity contribution in [2.45, 2.75) is 19.8 Å². The Kier molecular flexibility index (Phi) is 5.08. The van der Waals surface area contributed by atoms with Crippen LogP contribution in [0, 0.1) is 0 Å². The van der Waals surface area contributed by atoms with Crippen LogP contribution in [0.15, 0.2) is 12.1 Å². The van der Waals surface area contributed by atoms with Gasteiger partial charge in [0.2, 0.25) is 0 Å². The molecule has 7 nitrogen and oxygen atoms in total. The maximum atomic E-state index is 12.0. The third-order valence-electron chi connectivity index (χ3n) is 3.24. The largest absolute Gasteiger partial charge is 0.486 e. The van der Waals surface area contributed by atoms with Crippen molar-refractivity contribution < 1.29 is 28.9 Å². The summed E-state index contributed by atoms with van der Waals surface area (Å²) in [5.74, 6) is -0.638. The average molecular weight is 309 g/mol. The van der Waals surface area contributed by atoms with E-state index in [0.717, 1.165) is 12.8 Å². The number of hydrogen-bond donors (Lipinski definition) is 1. The van der Waals surface area contributed by atoms with Gasteiger partial charge >= 0.3 is 12.1 Å². The highest BCUT2D eigenvalue weighted by molar-refractivity contribution is 5.96. The zero-order valence-corrected chi connectivity index (χ0v) is 12.6. The van der Waals surface area contributed by atoms with Crippen molar-refractivity contribution in [3.63, 3.8) is 0 Å². The van der Waals surface area contributed by atoms with Crippen LogP contribution in [0.3, 0.4) is 0 Å². The number of aromatic carboxylic acids is 1. The molecule has 0 aliphatic carbocycles. The Morgan fingerprint density at radius 2 is 2.05 bits per heavy atom. The Morgan fingerprint density at radius 1 is 1.32 bits per heavy atom. The summed E-state index contributed by atoms with van der Waals surface area (Å²) in [5.41, 5.74) is 0.337. The van der Waals surface area contributed by atoms with E-state index in [1.807, 2.05) is 6.92 Å². The van der Waals surface area contributed by atoms with Crippen LogP contribution in [0.4, 0.5) is 10.5 Å². The van der Waals surface area contributed by atoms with Gasteiger partial charge in [-0.25, -0.2) is 9.59 Å². The van der Waals surface area contributed by atoms with Crippen molar-refractivity contribution in [3.8, 4) is 11.5 Å². The molecule has 120 valence electrons. The molecule has 1 heterocycles. The third-order valence-corrected chi connectivity index (χ3v) is 3.24. The molecule has 0 saturated heterocycles. The number of carboxylic acids is 1. The van der Waals surface area contributed by atoms with Crippen LogP contribution in [0.25, 0.3) is 0 Å². The van der Waals surface area contributed by atoms with Crippen molar-refractivity contribution in [2.24, 2.45) is 0 Å². The molecule has 0 aromatic heterocycles. The molecule has 0 saturated carbocycles. The molecule has 1 aliphatic rings. The summed E-state index contributed by atoms with van der Waals surface area (Å²) < 4.78 is 15.9. The Hall–Kier alpha value is -2.44. The quantitative estimate of drug-likeness (QED) is 0.841. The first-order valence-corrected chi connectivity index (χ1v) is 7.12. The third kappa shape index (κ3) is 3.41. The molecule has 1 N–H and O–H groups in total. The second-order valence-electron chi connectivity index (χ2n) is 4.85. The number of hydrogen-bond acceptors (Lipinski definition) is 5. The maximum Gasteiger partial charge on any atom is 0.414 e. The number of ether oxygens (including phenoxy) is 3. The molecule has 1 amide bonds. The summed E-state index contributed by atoms with van der Waals surface area (Å²) in [6.45, 7) is 2.95. The predicted octanol–water partition coefficient (Wildman–Crippen LogP) is 2.53. The summed E-state index contributed by atoms with van der Waals surface area (Å²) in [7, 11) is 1.52. The van der Waals surface area contributed by atoms with Crippen molar-refractivity contribution in [1.82, 2.24) is 0 Å². The van der Waals surface area contributed by atoms with Crippen LogP contribution < -0.4 is 14.4 Å². The van der Waals surface area contributed by atoms with Crippen molar-refractivity contribution in [3.05, 3.63) is 17.7 Å². The fourth-order valence-corrected chi connectivity index (χ4v) is 2.00. The van der Waals surface area contributed by atoms with Gasteiger partial charge in [0.25, 0.3) is 0 Å². The van der Waals surface area contributed by atoms with E-state index in [9.17, 15) is 14.7 Å². The van der Waals surface area contributed by atoms with Crippen molar-refractivity contribution in [2.75, 3.05) is 31.8 Å². The molecule has 1 aromatic carbocycles. The zero-order chi connectivity index (χ0) is 16.1. The average Bonchev–Trinajstić information content (AvgIpc) is 2.53. The normalized spacial score (nSPS) is 12.6. The van der Waals surface area contributed by atoms with E-state index < -0.39 is 12.1 Å². The lowest BCUT2D eigenvalue weighted by Crippen LogP contribution is -2.28. The lowest BCUT2D eigenvalue weighted by molar-refractivity contribution is 0.0686. The highest BCUT2D eigenvalue weighted by atomic mass is 16.6. The lowest BCUT2D eigenvalue weighted by Gasteiger charge is -2.23. The molecule has 0 unspecified atom stereocenters. The number of fused-ring (bicyclic) bond motifs is 1. The van der Waals surface area contributed by atoms with Crippen LogP contribution in [-0.2, 0) is 4.74 Å². The minimum absolute atomic E-state index is 0.0413. The van der Waals surface area contributed by atoms with Crippen molar-refractivity contribution in [1.29, 1.82) is 0 Å². The van der Waals surface area contributed by atoms with Crippen LogP contribution in [0.2, 0.25) is 0 Å². The lowest BCUT2D eigenvalue weighted by atomic mass is 10.1. The first kappa shape index (κ1) is 15.9. The second-order valence-corrected chi connectivity index (χ2v) is 4.85. The van der Waals surface area contributed by atoms with E-state index in [1.165, 1.54) is 18.0 Å². The minimum atomic E-state index is -1.14. The van der Waals surface area contributed by atoms with E-state index in [4.69, 9.17) is 14.2 Å². The highest BCUT2D eigenvalue weighted by Gasteiger charge is 2.24. The standard InChI is InChI=1S/C15H19NO6/c1-3-4-5-22-15(19)16(2)10-8-11(14(17)18)13-12(9-10)20-6-7-21-13/h8-9H,3-7H2,1-2H3,(H,17,18). The fourth-order valence-electron chi connectivity index (χ4n) is 2.00.